The molecule has 0 atom stereocenters. The van der Waals surface area contributed by atoms with Crippen LogP contribution in [0.25, 0.3) is 32.6 Å². The van der Waals surface area contributed by atoms with Crippen molar-refractivity contribution < 1.29 is 24.5 Å². The smallest absolute Gasteiger partial charge is 0.299 e. The molecule has 3 nitrogen and oxygen atoms in total. The van der Waals surface area contributed by atoms with Gasteiger partial charge >= 0.3 is 0 Å². The summed E-state index contributed by atoms with van der Waals surface area (Å²) in [4.78, 5) is 16.4. The van der Waals surface area contributed by atoms with Crippen LogP contribution < -0.4 is 5.63 Å². The molecule has 0 unspecified atom stereocenters. The Hall–Kier alpha value is -2.03. The van der Waals surface area contributed by atoms with E-state index in [4.69, 9.17) is 4.42 Å². The SMILES string of the molecule is O=c1oc2c3ccccc3cnc2c2[c-]cccc12.[Ir]. The molecule has 0 N–H and O–H groups in total. The minimum Gasteiger partial charge on any atom is -0.437 e. The maximum absolute atomic E-state index is 12.0. The van der Waals surface area contributed by atoms with Crippen LogP contribution in [0.4, 0.5) is 0 Å². The molecule has 0 aliphatic heterocycles. The van der Waals surface area contributed by atoms with Gasteiger partial charge in [-0.25, -0.2) is 0 Å². The van der Waals surface area contributed by atoms with E-state index in [-0.39, 0.29) is 25.7 Å². The number of hydrogen-bond acceptors (Lipinski definition) is 3. The third-order valence-electron chi connectivity index (χ3n) is 3.26. The number of aromatic nitrogens is 1. The molecule has 2 aromatic heterocycles. The fraction of sp³-hybridized carbons (Fsp3) is 0. The third-order valence-corrected chi connectivity index (χ3v) is 3.26. The summed E-state index contributed by atoms with van der Waals surface area (Å²) in [6, 6.07) is 16.1. The molecule has 0 saturated heterocycles. The number of pyridine rings is 1. The van der Waals surface area contributed by atoms with E-state index >= 15 is 0 Å². The molecule has 4 aromatic rings. The summed E-state index contributed by atoms with van der Waals surface area (Å²) in [5, 5.41) is 3.06. The summed E-state index contributed by atoms with van der Waals surface area (Å²) in [5.74, 6) is 0. The van der Waals surface area contributed by atoms with Crippen molar-refractivity contribution >= 4 is 32.6 Å². The van der Waals surface area contributed by atoms with Crippen LogP contribution in [0.3, 0.4) is 0 Å². The van der Waals surface area contributed by atoms with Crippen LogP contribution in [0.5, 0.6) is 0 Å². The molecule has 0 saturated carbocycles. The Balaban J connectivity index is 0.00000121. The molecule has 2 heterocycles. The fourth-order valence-electron chi connectivity index (χ4n) is 2.37. The predicted molar refractivity (Wildman–Crippen MR) is 74.1 cm³/mol. The van der Waals surface area contributed by atoms with Crippen molar-refractivity contribution in [2.24, 2.45) is 0 Å². The molecule has 0 aliphatic carbocycles. The Morgan fingerprint density at radius 3 is 2.75 bits per heavy atom. The molecular weight excluding hydrogens is 430 g/mol. The van der Waals surface area contributed by atoms with E-state index in [2.05, 4.69) is 11.1 Å². The monoisotopic (exact) mass is 439 g/mol. The van der Waals surface area contributed by atoms with Crippen molar-refractivity contribution in [3.8, 4) is 0 Å². The first-order chi connectivity index (χ1) is 9.34. The summed E-state index contributed by atoms with van der Waals surface area (Å²) < 4.78 is 5.45. The predicted octanol–water partition coefficient (Wildman–Crippen LogP) is 3.29. The second-order valence-corrected chi connectivity index (χ2v) is 4.37. The first-order valence-corrected chi connectivity index (χ1v) is 5.95. The minimum absolute atomic E-state index is 0. The maximum Gasteiger partial charge on any atom is 0.299 e. The van der Waals surface area contributed by atoms with Gasteiger partial charge in [0.2, 0.25) is 0 Å². The van der Waals surface area contributed by atoms with Crippen LogP contribution in [0.2, 0.25) is 0 Å². The van der Waals surface area contributed by atoms with Crippen molar-refractivity contribution in [2.45, 2.75) is 0 Å². The molecule has 0 bridgehead atoms. The molecule has 99 valence electrons. The van der Waals surface area contributed by atoms with Gasteiger partial charge < -0.3 is 9.40 Å². The van der Waals surface area contributed by atoms with Crippen LogP contribution in [-0.2, 0) is 20.1 Å². The Morgan fingerprint density at radius 1 is 1.05 bits per heavy atom. The van der Waals surface area contributed by atoms with Gasteiger partial charge in [0.25, 0.3) is 5.63 Å². The van der Waals surface area contributed by atoms with Gasteiger partial charge in [-0.1, -0.05) is 24.3 Å². The summed E-state index contributed by atoms with van der Waals surface area (Å²) in [6.07, 6.45) is 1.79. The summed E-state index contributed by atoms with van der Waals surface area (Å²) in [5.41, 5.74) is 0.851. The largest absolute Gasteiger partial charge is 0.437 e. The number of rotatable bonds is 0. The molecule has 4 rings (SSSR count). The molecule has 2 aromatic carbocycles. The Labute approximate surface area is 127 Å². The Bertz CT molecular complexity index is 992. The molecule has 0 spiro atoms. The summed E-state index contributed by atoms with van der Waals surface area (Å²) in [7, 11) is 0. The third kappa shape index (κ3) is 1.77. The van der Waals surface area contributed by atoms with E-state index in [1.807, 2.05) is 24.3 Å². The number of hydrogen-bond donors (Lipinski definition) is 0. The van der Waals surface area contributed by atoms with Gasteiger partial charge in [0.1, 0.15) is 5.58 Å². The van der Waals surface area contributed by atoms with E-state index in [1.54, 1.807) is 24.4 Å². The molecule has 4 heteroatoms. The van der Waals surface area contributed by atoms with Crippen LogP contribution >= 0.6 is 0 Å². The van der Waals surface area contributed by atoms with Crippen LogP contribution in [0, 0.1) is 6.07 Å². The van der Waals surface area contributed by atoms with Crippen LogP contribution in [0.15, 0.2) is 57.9 Å². The van der Waals surface area contributed by atoms with Crippen LogP contribution in [0.1, 0.15) is 0 Å². The second-order valence-electron chi connectivity index (χ2n) is 4.37. The quantitative estimate of drug-likeness (QED) is 0.313. The average molecular weight is 438 g/mol. The number of nitrogens with zero attached hydrogens (tertiary/aromatic N) is 1. The summed E-state index contributed by atoms with van der Waals surface area (Å²) >= 11 is 0. The van der Waals surface area contributed by atoms with E-state index < -0.39 is 0 Å². The van der Waals surface area contributed by atoms with E-state index in [1.165, 1.54) is 0 Å². The molecule has 1 radical (unpaired) electrons. The Kier molecular flexibility index (Phi) is 3.13. The van der Waals surface area contributed by atoms with Gasteiger partial charge in [-0.2, -0.15) is 0 Å². The maximum atomic E-state index is 12.0. The molecule has 0 amide bonds. The second kappa shape index (κ2) is 4.82. The fourth-order valence-corrected chi connectivity index (χ4v) is 2.37. The van der Waals surface area contributed by atoms with Gasteiger partial charge in [0.05, 0.1) is 0 Å². The van der Waals surface area contributed by atoms with Crippen molar-refractivity contribution in [3.63, 3.8) is 0 Å². The summed E-state index contributed by atoms with van der Waals surface area (Å²) in [6.45, 7) is 0. The topological polar surface area (TPSA) is 43.1 Å². The van der Waals surface area contributed by atoms with E-state index in [9.17, 15) is 4.79 Å². The molecular formula is C16H8IrNO2-. The van der Waals surface area contributed by atoms with Crippen LogP contribution in [-0.4, -0.2) is 4.98 Å². The first-order valence-electron chi connectivity index (χ1n) is 5.95. The van der Waals surface area contributed by atoms with Crippen molar-refractivity contribution in [1.29, 1.82) is 0 Å². The zero-order chi connectivity index (χ0) is 12.8. The number of fused-ring (bicyclic) bond motifs is 5. The zero-order valence-electron chi connectivity index (χ0n) is 10.2. The van der Waals surface area contributed by atoms with Gasteiger partial charge in [-0.3, -0.25) is 4.79 Å². The van der Waals surface area contributed by atoms with Crippen molar-refractivity contribution in [3.05, 3.63) is 65.1 Å². The van der Waals surface area contributed by atoms with Gasteiger partial charge in [0.15, 0.2) is 0 Å². The first kappa shape index (κ1) is 13.0. The number of benzene rings is 2. The normalized spacial score (nSPS) is 10.8. The van der Waals surface area contributed by atoms with Gasteiger partial charge in [-0.05, 0) is 5.39 Å². The standard InChI is InChI=1S/C16H8NO2.Ir/c18-16-13-8-4-3-7-12(13)14-15(19-16)11-6-2-1-5-10(11)9-17-14;/h1-6,8-9H;/q-1;. The van der Waals surface area contributed by atoms with E-state index in [0.717, 1.165) is 10.8 Å². The van der Waals surface area contributed by atoms with Gasteiger partial charge in [0, 0.05) is 42.6 Å². The Morgan fingerprint density at radius 2 is 1.85 bits per heavy atom. The van der Waals surface area contributed by atoms with Crippen molar-refractivity contribution in [2.75, 3.05) is 0 Å². The van der Waals surface area contributed by atoms with Crippen molar-refractivity contribution in [1.82, 2.24) is 4.98 Å². The van der Waals surface area contributed by atoms with Gasteiger partial charge in [-0.15, -0.1) is 29.7 Å². The molecule has 20 heavy (non-hydrogen) atoms. The minimum atomic E-state index is -0.350. The average Bonchev–Trinajstić information content (AvgIpc) is 2.47. The zero-order valence-corrected chi connectivity index (χ0v) is 12.6. The van der Waals surface area contributed by atoms with E-state index in [0.29, 0.717) is 21.9 Å². The molecule has 0 aliphatic rings. The molecule has 0 fully saturated rings.